The quantitative estimate of drug-likeness (QED) is 0.102. The van der Waals surface area contributed by atoms with Crippen molar-refractivity contribution < 1.29 is 85.1 Å². The first-order valence-electron chi connectivity index (χ1n) is 13.9. The van der Waals surface area contributed by atoms with E-state index >= 15 is 0 Å². The molecule has 4 N–H and O–H groups in total. The zero-order chi connectivity index (χ0) is 33.3. The number of nitrogens with zero attached hydrogens (tertiary/aromatic N) is 4. The molecule has 0 amide bonds. The van der Waals surface area contributed by atoms with Crippen LogP contribution in [0.1, 0.15) is 11.1 Å². The van der Waals surface area contributed by atoms with Crippen molar-refractivity contribution in [1.82, 2.24) is 0 Å². The fraction of sp³-hybridized carbons (Fsp3) is 0.0303. The molecule has 0 aliphatic carbocycles. The minimum Gasteiger partial charge on any atom is -0.744 e. The Morgan fingerprint density at radius 2 is 0.816 bits per heavy atom. The smallest absolute Gasteiger partial charge is 0.744 e. The van der Waals surface area contributed by atoms with Gasteiger partial charge >= 0.3 is 59.1 Å². The van der Waals surface area contributed by atoms with Gasteiger partial charge in [0, 0.05) is 21.5 Å². The Morgan fingerprint density at radius 3 is 1.14 bits per heavy atom. The van der Waals surface area contributed by atoms with Crippen LogP contribution in [0.5, 0.6) is 0 Å². The third-order valence-electron chi connectivity index (χ3n) is 7.42. The molecular formula is C33H24N6Na2O6S2. The summed E-state index contributed by atoms with van der Waals surface area (Å²) in [5, 5.41) is 17.8. The van der Waals surface area contributed by atoms with Gasteiger partial charge in [0.05, 0.1) is 32.5 Å². The van der Waals surface area contributed by atoms with Crippen LogP contribution in [0.3, 0.4) is 0 Å². The Bertz CT molecular complexity index is 2290. The molecule has 49 heavy (non-hydrogen) atoms. The van der Waals surface area contributed by atoms with E-state index in [1.807, 2.05) is 24.3 Å². The molecule has 0 unspecified atom stereocenters. The first-order chi connectivity index (χ1) is 22.4. The van der Waals surface area contributed by atoms with Crippen LogP contribution in [-0.2, 0) is 26.7 Å². The minimum absolute atomic E-state index is 0. The Balaban J connectivity index is 0.00000270. The zero-order valence-corrected chi connectivity index (χ0v) is 31.9. The molecule has 6 rings (SSSR count). The van der Waals surface area contributed by atoms with E-state index in [-0.39, 0.29) is 92.6 Å². The van der Waals surface area contributed by atoms with E-state index in [1.54, 1.807) is 60.7 Å². The molecule has 0 aliphatic heterocycles. The summed E-state index contributed by atoms with van der Waals surface area (Å²) >= 11 is 0. The molecule has 236 valence electrons. The molecule has 12 nitrogen and oxygen atoms in total. The number of nitrogen functional groups attached to an aromatic ring is 2. The number of anilines is 2. The van der Waals surface area contributed by atoms with Gasteiger partial charge in [-0.3, -0.25) is 0 Å². The SMILES string of the molecule is Nc1c(N=Nc2ccc(Cc3ccc(N=Nc4cc(S(=O)(=O)[O-])c5ccccc5c4N)cc3)cc2)cc(S(=O)(=O)[O-])c2ccccc12.[Na+].[Na+]. The number of hydrogen-bond donors (Lipinski definition) is 2. The van der Waals surface area contributed by atoms with Crippen LogP contribution >= 0.6 is 0 Å². The van der Waals surface area contributed by atoms with Gasteiger partial charge < -0.3 is 20.6 Å². The van der Waals surface area contributed by atoms with Gasteiger partial charge in [0.25, 0.3) is 0 Å². The molecule has 0 fully saturated rings. The predicted octanol–water partition coefficient (Wildman–Crippen LogP) is 1.40. The van der Waals surface area contributed by atoms with Crippen molar-refractivity contribution in [3.63, 3.8) is 0 Å². The Kier molecular flexibility index (Phi) is 12.2. The van der Waals surface area contributed by atoms with Crippen LogP contribution in [0.15, 0.2) is 139 Å². The maximum absolute atomic E-state index is 11.9. The molecule has 0 radical (unpaired) electrons. The number of hydrogen-bond acceptors (Lipinski definition) is 12. The van der Waals surface area contributed by atoms with Gasteiger partial charge in [0.2, 0.25) is 0 Å². The van der Waals surface area contributed by atoms with Gasteiger partial charge in [-0.15, -0.1) is 10.2 Å². The third-order valence-corrected chi connectivity index (χ3v) is 9.17. The number of fused-ring (bicyclic) bond motifs is 2. The van der Waals surface area contributed by atoms with E-state index in [2.05, 4.69) is 20.5 Å². The summed E-state index contributed by atoms with van der Waals surface area (Å²) < 4.78 is 71.2. The Morgan fingerprint density at radius 1 is 0.490 bits per heavy atom. The molecule has 0 bridgehead atoms. The summed E-state index contributed by atoms with van der Waals surface area (Å²) in [5.41, 5.74) is 15.9. The second-order valence-electron chi connectivity index (χ2n) is 10.5. The van der Waals surface area contributed by atoms with Crippen molar-refractivity contribution >= 4 is 75.9 Å². The summed E-state index contributed by atoms with van der Waals surface area (Å²) in [5.74, 6) is 0. The normalized spacial score (nSPS) is 12.0. The van der Waals surface area contributed by atoms with Gasteiger partial charge in [-0.1, -0.05) is 72.8 Å². The molecule has 0 aromatic heterocycles. The molecule has 0 saturated heterocycles. The average Bonchev–Trinajstić information content (AvgIpc) is 3.04. The number of azo groups is 2. The predicted molar refractivity (Wildman–Crippen MR) is 177 cm³/mol. The van der Waals surface area contributed by atoms with Crippen molar-refractivity contribution in [2.45, 2.75) is 16.2 Å². The second kappa shape index (κ2) is 15.6. The molecule has 0 heterocycles. The summed E-state index contributed by atoms with van der Waals surface area (Å²) in [6.07, 6.45) is 0.583. The van der Waals surface area contributed by atoms with Crippen molar-refractivity contribution in [1.29, 1.82) is 0 Å². The van der Waals surface area contributed by atoms with Gasteiger partial charge in [-0.25, -0.2) is 16.8 Å². The minimum atomic E-state index is -4.78. The van der Waals surface area contributed by atoms with E-state index in [4.69, 9.17) is 11.5 Å². The summed E-state index contributed by atoms with van der Waals surface area (Å²) in [6, 6.07) is 29.6. The van der Waals surface area contributed by atoms with Crippen molar-refractivity contribution in [3.05, 3.63) is 120 Å². The van der Waals surface area contributed by atoms with Crippen LogP contribution in [-0.4, -0.2) is 25.9 Å². The summed E-state index contributed by atoms with van der Waals surface area (Å²) in [6.45, 7) is 0. The van der Waals surface area contributed by atoms with E-state index in [0.717, 1.165) is 23.3 Å². The topological polar surface area (TPSA) is 216 Å². The van der Waals surface area contributed by atoms with Crippen LogP contribution in [0.25, 0.3) is 21.5 Å². The van der Waals surface area contributed by atoms with Crippen molar-refractivity contribution in [3.8, 4) is 0 Å². The molecular weight excluding hydrogens is 687 g/mol. The van der Waals surface area contributed by atoms with E-state index < -0.39 is 30.0 Å². The molecule has 0 saturated carbocycles. The van der Waals surface area contributed by atoms with Gasteiger partial charge in [0.1, 0.15) is 31.6 Å². The summed E-state index contributed by atoms with van der Waals surface area (Å²) in [4.78, 5) is -0.832. The van der Waals surface area contributed by atoms with E-state index in [0.29, 0.717) is 28.6 Å². The number of benzene rings is 6. The fourth-order valence-corrected chi connectivity index (χ4v) is 6.51. The Labute approximate surface area is 326 Å². The van der Waals surface area contributed by atoms with E-state index in [1.165, 1.54) is 12.1 Å². The van der Waals surface area contributed by atoms with Crippen LogP contribution in [0.2, 0.25) is 0 Å². The number of rotatable bonds is 8. The molecule has 0 aliphatic rings. The molecule has 0 atom stereocenters. The van der Waals surface area contributed by atoms with Crippen LogP contribution < -0.4 is 70.6 Å². The first-order valence-corrected chi connectivity index (χ1v) is 16.8. The molecule has 0 spiro atoms. The second-order valence-corrected chi connectivity index (χ2v) is 13.2. The van der Waals surface area contributed by atoms with Gasteiger partial charge in [0.15, 0.2) is 0 Å². The molecule has 6 aromatic carbocycles. The zero-order valence-electron chi connectivity index (χ0n) is 26.3. The monoisotopic (exact) mass is 710 g/mol. The Hall–Kier alpha value is -3.54. The standard InChI is InChI=1S/C33H26N6O6S2.2Na/c34-32-26-7-3-1-5-24(26)30(46(40,41)42)18-28(32)38-36-22-13-9-20(10-14-22)17-21-11-15-23(16-12-21)37-39-29-19-31(47(43,44)45)25-6-2-4-8-27(25)33(29)35;;/h1-16,18-19H,17,34-35H2,(H,40,41,42)(H,43,44,45);;/q;2*+1/p-2. The fourth-order valence-electron chi connectivity index (χ4n) is 5.10. The van der Waals surface area contributed by atoms with Crippen molar-refractivity contribution in [2.75, 3.05) is 11.5 Å². The van der Waals surface area contributed by atoms with Crippen LogP contribution in [0, 0.1) is 0 Å². The maximum Gasteiger partial charge on any atom is 1.00 e. The third kappa shape index (κ3) is 8.61. The van der Waals surface area contributed by atoms with Crippen LogP contribution in [0.4, 0.5) is 34.1 Å². The summed E-state index contributed by atoms with van der Waals surface area (Å²) in [7, 11) is -9.55. The molecule has 6 aromatic rings. The first kappa shape index (κ1) is 38.3. The van der Waals surface area contributed by atoms with E-state index in [9.17, 15) is 25.9 Å². The maximum atomic E-state index is 11.9. The van der Waals surface area contributed by atoms with Gasteiger partial charge in [-0.05, 0) is 53.9 Å². The largest absolute Gasteiger partial charge is 1.00 e. The van der Waals surface area contributed by atoms with Gasteiger partial charge in [-0.2, -0.15) is 10.2 Å². The number of nitrogens with two attached hydrogens (primary N) is 2. The van der Waals surface area contributed by atoms with Crippen molar-refractivity contribution in [2.24, 2.45) is 20.5 Å². The molecule has 16 heteroatoms. The average molecular weight is 711 g/mol.